The van der Waals surface area contributed by atoms with Gasteiger partial charge in [0.05, 0.1) is 21.3 Å². The van der Waals surface area contributed by atoms with Crippen molar-refractivity contribution < 1.29 is 14.2 Å². The molecule has 1 N–H and O–H groups in total. The molecule has 0 aliphatic rings. The normalized spacial score (nSPS) is 11.4. The number of rotatable bonds is 6. The van der Waals surface area contributed by atoms with E-state index in [0.29, 0.717) is 34.7 Å². The molecule has 8 nitrogen and oxygen atoms in total. The number of ether oxygens (including phenoxy) is 3. The topological polar surface area (TPSA) is 82.8 Å². The van der Waals surface area contributed by atoms with E-state index in [-0.39, 0.29) is 5.41 Å². The van der Waals surface area contributed by atoms with Crippen LogP contribution in [0.2, 0.25) is 0 Å². The van der Waals surface area contributed by atoms with Crippen molar-refractivity contribution in [1.82, 2.24) is 19.6 Å². The highest BCUT2D eigenvalue weighted by Crippen LogP contribution is 2.40. The third kappa shape index (κ3) is 4.03. The van der Waals surface area contributed by atoms with Crippen LogP contribution in [0.3, 0.4) is 0 Å². The zero-order valence-corrected chi connectivity index (χ0v) is 19.1. The van der Waals surface area contributed by atoms with Gasteiger partial charge in [0, 0.05) is 23.5 Å². The number of hydrogen-bond acceptors (Lipinski definition) is 7. The molecular weight excluding hydrogens is 406 g/mol. The summed E-state index contributed by atoms with van der Waals surface area (Å²) in [6, 6.07) is 13.8. The maximum atomic E-state index is 5.48. The van der Waals surface area contributed by atoms with E-state index in [1.165, 1.54) is 5.56 Å². The highest BCUT2D eigenvalue weighted by atomic mass is 16.5. The Balaban J connectivity index is 1.72. The zero-order valence-electron chi connectivity index (χ0n) is 19.1. The summed E-state index contributed by atoms with van der Waals surface area (Å²) < 4.78 is 18.1. The van der Waals surface area contributed by atoms with Crippen molar-refractivity contribution in [3.8, 4) is 28.6 Å². The molecular formula is C24H27N5O3. The van der Waals surface area contributed by atoms with Crippen LogP contribution in [0, 0.1) is 0 Å². The summed E-state index contributed by atoms with van der Waals surface area (Å²) in [6.07, 6.45) is 1.70. The van der Waals surface area contributed by atoms with Crippen LogP contribution in [0.15, 0.2) is 48.7 Å². The molecule has 0 aliphatic carbocycles. The van der Waals surface area contributed by atoms with Crippen LogP contribution in [0.1, 0.15) is 26.3 Å². The molecule has 4 aromatic rings. The average molecular weight is 434 g/mol. The highest BCUT2D eigenvalue weighted by molar-refractivity contribution is 5.68. The van der Waals surface area contributed by atoms with Crippen molar-refractivity contribution in [3.63, 3.8) is 0 Å². The molecule has 0 spiro atoms. The van der Waals surface area contributed by atoms with Gasteiger partial charge in [0.25, 0.3) is 0 Å². The van der Waals surface area contributed by atoms with Crippen LogP contribution in [0.4, 0.5) is 11.6 Å². The molecule has 0 aliphatic heterocycles. The number of anilines is 2. The quantitative estimate of drug-likeness (QED) is 0.465. The molecule has 0 amide bonds. The van der Waals surface area contributed by atoms with Gasteiger partial charge in [-0.05, 0) is 35.2 Å². The van der Waals surface area contributed by atoms with Gasteiger partial charge in [0.2, 0.25) is 11.7 Å². The molecule has 0 saturated heterocycles. The number of nitrogens with one attached hydrogen (secondary N) is 1. The molecule has 166 valence electrons. The maximum absolute atomic E-state index is 5.48. The molecule has 2 aromatic carbocycles. The van der Waals surface area contributed by atoms with Gasteiger partial charge in [-0.3, -0.25) is 0 Å². The Bertz CT molecular complexity index is 1220. The van der Waals surface area contributed by atoms with Crippen LogP contribution in [0.5, 0.6) is 17.2 Å². The van der Waals surface area contributed by atoms with Crippen molar-refractivity contribution in [3.05, 3.63) is 54.2 Å². The van der Waals surface area contributed by atoms with Crippen molar-refractivity contribution in [1.29, 1.82) is 0 Å². The van der Waals surface area contributed by atoms with Gasteiger partial charge in [0.1, 0.15) is 0 Å². The highest BCUT2D eigenvalue weighted by Gasteiger charge is 2.18. The number of hydrogen-bond donors (Lipinski definition) is 1. The van der Waals surface area contributed by atoms with Gasteiger partial charge in [-0.2, -0.15) is 9.50 Å². The molecule has 0 radical (unpaired) electrons. The zero-order chi connectivity index (χ0) is 22.9. The predicted molar refractivity (Wildman–Crippen MR) is 124 cm³/mol. The van der Waals surface area contributed by atoms with Gasteiger partial charge >= 0.3 is 0 Å². The van der Waals surface area contributed by atoms with Gasteiger partial charge in [-0.15, -0.1) is 5.10 Å². The summed E-state index contributed by atoms with van der Waals surface area (Å²) in [5.74, 6) is 2.68. The van der Waals surface area contributed by atoms with Crippen molar-refractivity contribution in [2.24, 2.45) is 0 Å². The van der Waals surface area contributed by atoms with Gasteiger partial charge < -0.3 is 19.5 Å². The third-order valence-electron chi connectivity index (χ3n) is 5.18. The molecule has 0 atom stereocenters. The first kappa shape index (κ1) is 21.4. The fourth-order valence-corrected chi connectivity index (χ4v) is 3.46. The fraction of sp³-hybridized carbons (Fsp3) is 0.292. The monoisotopic (exact) mass is 433 g/mol. The summed E-state index contributed by atoms with van der Waals surface area (Å²) in [7, 11) is 4.73. The van der Waals surface area contributed by atoms with Crippen molar-refractivity contribution in [2.75, 3.05) is 26.6 Å². The second kappa shape index (κ2) is 8.37. The average Bonchev–Trinajstić information content (AvgIpc) is 3.20. The van der Waals surface area contributed by atoms with E-state index < -0.39 is 0 Å². The van der Waals surface area contributed by atoms with Crippen molar-refractivity contribution >= 4 is 17.3 Å². The number of methoxy groups -OCH3 is 3. The molecule has 4 rings (SSSR count). The van der Waals surface area contributed by atoms with Crippen LogP contribution in [0.25, 0.3) is 17.0 Å². The Morgan fingerprint density at radius 3 is 2.09 bits per heavy atom. The first-order chi connectivity index (χ1) is 15.3. The molecule has 32 heavy (non-hydrogen) atoms. The lowest BCUT2D eigenvalue weighted by Crippen LogP contribution is -2.10. The second-order valence-electron chi connectivity index (χ2n) is 8.34. The number of nitrogens with zero attached hydrogens (tertiary/aromatic N) is 4. The smallest absolute Gasteiger partial charge is 0.247 e. The Morgan fingerprint density at radius 2 is 1.53 bits per heavy atom. The van der Waals surface area contributed by atoms with E-state index in [2.05, 4.69) is 53.3 Å². The first-order valence-corrected chi connectivity index (χ1v) is 10.2. The molecule has 0 bridgehead atoms. The van der Waals surface area contributed by atoms with E-state index in [9.17, 15) is 0 Å². The lowest BCUT2D eigenvalue weighted by atomic mass is 9.87. The van der Waals surface area contributed by atoms with E-state index >= 15 is 0 Å². The molecule has 0 fully saturated rings. The Morgan fingerprint density at radius 1 is 0.875 bits per heavy atom. The van der Waals surface area contributed by atoms with E-state index in [4.69, 9.17) is 14.2 Å². The standard InChI is InChI=1S/C24H27N5O3/c1-24(2,3)16-7-9-17(10-8-16)26-23-27-20-11-12-25-22(29(20)28-23)15-13-18(30-4)21(32-6)19(14-15)31-5/h7-14H,1-6H3,(H,26,28). The second-order valence-corrected chi connectivity index (χ2v) is 8.34. The molecule has 8 heteroatoms. The Kier molecular flexibility index (Phi) is 5.61. The minimum atomic E-state index is 0.0981. The van der Waals surface area contributed by atoms with Gasteiger partial charge in [-0.1, -0.05) is 32.9 Å². The molecule has 2 aromatic heterocycles. The predicted octanol–water partition coefficient (Wildman–Crippen LogP) is 4.86. The van der Waals surface area contributed by atoms with Crippen molar-refractivity contribution in [2.45, 2.75) is 26.2 Å². The summed E-state index contributed by atoms with van der Waals surface area (Å²) >= 11 is 0. The summed E-state index contributed by atoms with van der Waals surface area (Å²) in [5.41, 5.74) is 3.70. The number of fused-ring (bicyclic) bond motifs is 1. The summed E-state index contributed by atoms with van der Waals surface area (Å²) in [5, 5.41) is 7.90. The van der Waals surface area contributed by atoms with E-state index in [0.717, 1.165) is 11.3 Å². The van der Waals surface area contributed by atoms with Gasteiger partial charge in [0.15, 0.2) is 23.0 Å². The number of benzene rings is 2. The van der Waals surface area contributed by atoms with Crippen LogP contribution < -0.4 is 19.5 Å². The largest absolute Gasteiger partial charge is 0.493 e. The van der Waals surface area contributed by atoms with Crippen LogP contribution in [-0.2, 0) is 5.41 Å². The van der Waals surface area contributed by atoms with Crippen LogP contribution in [-0.4, -0.2) is 40.9 Å². The molecule has 2 heterocycles. The minimum absolute atomic E-state index is 0.0981. The van der Waals surface area contributed by atoms with Gasteiger partial charge in [-0.25, -0.2) is 4.98 Å². The third-order valence-corrected chi connectivity index (χ3v) is 5.18. The summed E-state index contributed by atoms with van der Waals surface area (Å²) in [6.45, 7) is 6.57. The minimum Gasteiger partial charge on any atom is -0.493 e. The maximum Gasteiger partial charge on any atom is 0.247 e. The number of aromatic nitrogens is 4. The summed E-state index contributed by atoms with van der Waals surface area (Å²) in [4.78, 5) is 9.12. The molecule has 0 saturated carbocycles. The fourth-order valence-electron chi connectivity index (χ4n) is 3.46. The lowest BCUT2D eigenvalue weighted by molar-refractivity contribution is 0.324. The SMILES string of the molecule is COc1cc(-c2nccc3nc(Nc4ccc(C(C)(C)C)cc4)nn23)cc(OC)c1OC. The first-order valence-electron chi connectivity index (χ1n) is 10.2. The molecule has 0 unspecified atom stereocenters. The van der Waals surface area contributed by atoms with E-state index in [1.54, 1.807) is 32.0 Å². The Hall–Kier alpha value is -3.81. The Labute approximate surface area is 187 Å². The van der Waals surface area contributed by atoms with E-state index in [1.807, 2.05) is 30.3 Å². The van der Waals surface area contributed by atoms with Crippen LogP contribution >= 0.6 is 0 Å². The lowest BCUT2D eigenvalue weighted by Gasteiger charge is -2.19.